The number of carbonyl (C=O) groups is 1. The Hall–Kier alpha value is -1.35. The Morgan fingerprint density at radius 1 is 1.29 bits per heavy atom. The number of rotatable bonds is 2. The minimum Gasteiger partial charge on any atom is -0.294 e. The maximum absolute atomic E-state index is 12.4. The third-order valence-electron chi connectivity index (χ3n) is 3.21. The summed E-state index contributed by atoms with van der Waals surface area (Å²) in [6.07, 6.45) is 2.78. The zero-order valence-corrected chi connectivity index (χ0v) is 10.2. The van der Waals surface area contributed by atoms with Gasteiger partial charge in [0.05, 0.1) is 5.52 Å². The third-order valence-corrected chi connectivity index (χ3v) is 4.37. The topological polar surface area (TPSA) is 30.0 Å². The Labute approximate surface area is 104 Å². The van der Waals surface area contributed by atoms with Crippen molar-refractivity contribution in [3.05, 3.63) is 42.1 Å². The molecule has 0 N–H and O–H groups in total. The maximum atomic E-state index is 12.4. The minimum absolute atomic E-state index is 0.200. The molecule has 2 heterocycles. The number of hydrogen-bond acceptors (Lipinski definition) is 3. The van der Waals surface area contributed by atoms with Gasteiger partial charge in [-0.05, 0) is 24.3 Å². The molecule has 1 aliphatic rings. The van der Waals surface area contributed by atoms with Crippen molar-refractivity contribution >= 4 is 28.4 Å². The van der Waals surface area contributed by atoms with Crippen molar-refractivity contribution in [3.8, 4) is 0 Å². The summed E-state index contributed by atoms with van der Waals surface area (Å²) in [6.45, 7) is 0. The molecule has 0 amide bonds. The van der Waals surface area contributed by atoms with Gasteiger partial charge in [-0.1, -0.05) is 18.2 Å². The van der Waals surface area contributed by atoms with Crippen LogP contribution < -0.4 is 0 Å². The van der Waals surface area contributed by atoms with Crippen molar-refractivity contribution in [2.45, 2.75) is 6.42 Å². The standard InChI is InChI=1S/C14H13NOS/c16-14(10-6-8-17-9-10)12-3-1-5-13-11(12)4-2-7-15-13/h1-5,7,10H,6,8-9H2. The average Bonchev–Trinajstić information content (AvgIpc) is 2.91. The van der Waals surface area contributed by atoms with Gasteiger partial charge in [-0.25, -0.2) is 0 Å². The molecule has 0 saturated carbocycles. The van der Waals surface area contributed by atoms with E-state index in [0.717, 1.165) is 34.4 Å². The highest BCUT2D eigenvalue weighted by molar-refractivity contribution is 7.99. The molecule has 0 bridgehead atoms. The van der Waals surface area contributed by atoms with Gasteiger partial charge in [-0.2, -0.15) is 11.8 Å². The molecule has 1 aromatic heterocycles. The van der Waals surface area contributed by atoms with Gasteiger partial charge in [0.1, 0.15) is 0 Å². The van der Waals surface area contributed by atoms with Gasteiger partial charge in [0, 0.05) is 28.8 Å². The molecular formula is C14H13NOS. The van der Waals surface area contributed by atoms with E-state index in [2.05, 4.69) is 4.98 Å². The zero-order valence-electron chi connectivity index (χ0n) is 9.43. The van der Waals surface area contributed by atoms with Gasteiger partial charge >= 0.3 is 0 Å². The second-order valence-corrected chi connectivity index (χ2v) is 5.45. The summed E-state index contributed by atoms with van der Waals surface area (Å²) in [4.78, 5) is 16.7. The van der Waals surface area contributed by atoms with E-state index >= 15 is 0 Å². The van der Waals surface area contributed by atoms with Gasteiger partial charge < -0.3 is 0 Å². The summed E-state index contributed by atoms with van der Waals surface area (Å²) in [7, 11) is 0. The number of hydrogen-bond donors (Lipinski definition) is 0. The number of thioether (sulfide) groups is 1. The van der Waals surface area contributed by atoms with Crippen molar-refractivity contribution in [1.82, 2.24) is 4.98 Å². The molecular weight excluding hydrogens is 230 g/mol. The van der Waals surface area contributed by atoms with Crippen LogP contribution in [-0.2, 0) is 0 Å². The molecule has 86 valence electrons. The Morgan fingerprint density at radius 3 is 3.06 bits per heavy atom. The number of fused-ring (bicyclic) bond motifs is 1. The zero-order chi connectivity index (χ0) is 11.7. The first-order valence-corrected chi connectivity index (χ1v) is 6.97. The van der Waals surface area contributed by atoms with Crippen molar-refractivity contribution in [1.29, 1.82) is 0 Å². The van der Waals surface area contributed by atoms with Crippen LogP contribution in [0.5, 0.6) is 0 Å². The van der Waals surface area contributed by atoms with Crippen LogP contribution in [0, 0.1) is 5.92 Å². The minimum atomic E-state index is 0.200. The van der Waals surface area contributed by atoms with Crippen molar-refractivity contribution in [2.75, 3.05) is 11.5 Å². The lowest BCUT2D eigenvalue weighted by molar-refractivity contribution is 0.0935. The third kappa shape index (κ3) is 1.95. The number of pyridine rings is 1. The average molecular weight is 243 g/mol. The summed E-state index contributed by atoms with van der Waals surface area (Å²) < 4.78 is 0. The highest BCUT2D eigenvalue weighted by atomic mass is 32.2. The molecule has 0 aliphatic carbocycles. The van der Waals surface area contributed by atoms with Gasteiger partial charge in [0.25, 0.3) is 0 Å². The van der Waals surface area contributed by atoms with E-state index in [1.165, 1.54) is 0 Å². The molecule has 3 heteroatoms. The van der Waals surface area contributed by atoms with Crippen LogP contribution in [0.15, 0.2) is 36.5 Å². The van der Waals surface area contributed by atoms with E-state index in [1.807, 2.05) is 42.1 Å². The van der Waals surface area contributed by atoms with E-state index in [4.69, 9.17) is 0 Å². The maximum Gasteiger partial charge on any atom is 0.167 e. The summed E-state index contributed by atoms with van der Waals surface area (Å²) >= 11 is 1.87. The number of benzene rings is 1. The van der Waals surface area contributed by atoms with E-state index in [-0.39, 0.29) is 11.7 Å². The summed E-state index contributed by atoms with van der Waals surface area (Å²) in [5.74, 6) is 2.56. The fourth-order valence-electron chi connectivity index (χ4n) is 2.28. The van der Waals surface area contributed by atoms with Crippen molar-refractivity contribution in [2.24, 2.45) is 5.92 Å². The molecule has 1 saturated heterocycles. The van der Waals surface area contributed by atoms with Gasteiger partial charge in [0.15, 0.2) is 5.78 Å². The second-order valence-electron chi connectivity index (χ2n) is 4.30. The lowest BCUT2D eigenvalue weighted by atomic mass is 9.94. The number of carbonyl (C=O) groups excluding carboxylic acids is 1. The van der Waals surface area contributed by atoms with Crippen LogP contribution in [-0.4, -0.2) is 22.3 Å². The lowest BCUT2D eigenvalue weighted by Gasteiger charge is -2.09. The molecule has 1 fully saturated rings. The van der Waals surface area contributed by atoms with Crippen LogP contribution in [0.25, 0.3) is 10.9 Å². The Kier molecular flexibility index (Phi) is 2.85. The van der Waals surface area contributed by atoms with E-state index < -0.39 is 0 Å². The smallest absolute Gasteiger partial charge is 0.167 e. The molecule has 17 heavy (non-hydrogen) atoms. The molecule has 0 spiro atoms. The Balaban J connectivity index is 2.07. The molecule has 1 aromatic carbocycles. The van der Waals surface area contributed by atoms with E-state index in [9.17, 15) is 4.79 Å². The molecule has 1 atom stereocenters. The molecule has 1 aliphatic heterocycles. The fraction of sp³-hybridized carbons (Fsp3) is 0.286. The van der Waals surface area contributed by atoms with Gasteiger partial charge in [-0.3, -0.25) is 9.78 Å². The highest BCUT2D eigenvalue weighted by Crippen LogP contribution is 2.28. The first-order chi connectivity index (χ1) is 8.36. The molecule has 1 unspecified atom stereocenters. The summed E-state index contributed by atoms with van der Waals surface area (Å²) in [5, 5.41) is 0.983. The van der Waals surface area contributed by atoms with Crippen LogP contribution >= 0.6 is 11.8 Å². The van der Waals surface area contributed by atoms with E-state index in [0.29, 0.717) is 0 Å². The highest BCUT2D eigenvalue weighted by Gasteiger charge is 2.25. The van der Waals surface area contributed by atoms with Gasteiger partial charge in [-0.15, -0.1) is 0 Å². The first-order valence-electron chi connectivity index (χ1n) is 5.82. The molecule has 2 aromatic rings. The molecule has 3 rings (SSSR count). The van der Waals surface area contributed by atoms with Crippen molar-refractivity contribution in [3.63, 3.8) is 0 Å². The fourth-order valence-corrected chi connectivity index (χ4v) is 3.50. The molecule has 0 radical (unpaired) electrons. The SMILES string of the molecule is O=C(c1cccc2ncccc12)C1CCSC1. The number of ketones is 1. The largest absolute Gasteiger partial charge is 0.294 e. The van der Waals surface area contributed by atoms with E-state index in [1.54, 1.807) is 6.20 Å². The number of aromatic nitrogens is 1. The summed E-state index contributed by atoms with van der Waals surface area (Å²) in [6, 6.07) is 9.68. The van der Waals surface area contributed by atoms with Crippen LogP contribution in [0.3, 0.4) is 0 Å². The monoisotopic (exact) mass is 243 g/mol. The quantitative estimate of drug-likeness (QED) is 0.759. The Bertz CT molecular complexity index is 556. The predicted octanol–water partition coefficient (Wildman–Crippen LogP) is 3.17. The van der Waals surface area contributed by atoms with Crippen molar-refractivity contribution < 1.29 is 4.79 Å². The molecule has 2 nitrogen and oxygen atoms in total. The number of nitrogens with zero attached hydrogens (tertiary/aromatic N) is 1. The normalized spacial score (nSPS) is 19.6. The first kappa shape index (κ1) is 10.8. The number of Topliss-reactive ketones (excluding diaryl/α,β-unsaturated/α-hetero) is 1. The second kappa shape index (κ2) is 4.49. The summed E-state index contributed by atoms with van der Waals surface area (Å²) in [5.41, 5.74) is 1.74. The lowest BCUT2D eigenvalue weighted by Crippen LogP contribution is -2.14. The predicted molar refractivity (Wildman–Crippen MR) is 71.5 cm³/mol. The van der Waals surface area contributed by atoms with Gasteiger partial charge in [0.2, 0.25) is 0 Å². The van der Waals surface area contributed by atoms with Crippen LogP contribution in [0.2, 0.25) is 0 Å². The van der Waals surface area contributed by atoms with Crippen LogP contribution in [0.1, 0.15) is 16.8 Å². The van der Waals surface area contributed by atoms with Crippen LogP contribution in [0.4, 0.5) is 0 Å². The Morgan fingerprint density at radius 2 is 2.24 bits per heavy atom.